The number of esters is 1. The first-order chi connectivity index (χ1) is 25.0. The Morgan fingerprint density at radius 2 is 1.43 bits per heavy atom. The molecular weight excluding hydrogens is 683 g/mol. The second kappa shape index (κ2) is 18.3. The third kappa shape index (κ3) is 11.9. The molecule has 1 aliphatic carbocycles. The van der Waals surface area contributed by atoms with Crippen LogP contribution in [0.5, 0.6) is 11.5 Å². The van der Waals surface area contributed by atoms with E-state index in [0.29, 0.717) is 36.1 Å². The summed E-state index contributed by atoms with van der Waals surface area (Å²) >= 11 is 0. The van der Waals surface area contributed by atoms with E-state index in [9.17, 15) is 14.4 Å². The van der Waals surface area contributed by atoms with E-state index >= 15 is 0 Å². The van der Waals surface area contributed by atoms with Crippen molar-refractivity contribution in [1.82, 2.24) is 10.2 Å². The van der Waals surface area contributed by atoms with Crippen LogP contribution in [0.2, 0.25) is 18.1 Å². The minimum absolute atomic E-state index is 0.00634. The van der Waals surface area contributed by atoms with E-state index in [4.69, 9.17) is 13.9 Å². The molecule has 3 aromatic carbocycles. The van der Waals surface area contributed by atoms with Crippen LogP contribution in [0.1, 0.15) is 103 Å². The molecule has 1 fully saturated rings. The van der Waals surface area contributed by atoms with Crippen molar-refractivity contribution in [3.05, 3.63) is 90.0 Å². The Bertz CT molecular complexity index is 1620. The number of nitrogens with one attached hydrogen (secondary N) is 2. The Hall–Kier alpha value is -4.15. The number of hydrogen-bond donors (Lipinski definition) is 2. The number of urea groups is 1. The Balaban J connectivity index is 1.64. The van der Waals surface area contributed by atoms with Crippen molar-refractivity contribution in [2.45, 2.75) is 111 Å². The maximum absolute atomic E-state index is 14.6. The molecule has 0 aromatic heterocycles. The average molecular weight is 744 g/mol. The highest BCUT2D eigenvalue weighted by Gasteiger charge is 2.41. The summed E-state index contributed by atoms with van der Waals surface area (Å²) in [5.74, 6) is 1.37. The lowest BCUT2D eigenvalue weighted by atomic mass is 9.71. The topological polar surface area (TPSA) is 106 Å². The largest absolute Gasteiger partial charge is 0.466 e. The van der Waals surface area contributed by atoms with Gasteiger partial charge in [0, 0.05) is 23.8 Å². The third-order valence-electron chi connectivity index (χ3n) is 10.9. The number of carbonyl (C=O) groups is 3. The van der Waals surface area contributed by atoms with Gasteiger partial charge in [-0.05, 0) is 116 Å². The zero-order chi connectivity index (χ0) is 38.8. The SMILES string of the molecule is CCOC(=O)CCNC(=O)c1ccc(C(CO[Si](C)(C)C(C)(C)C)N(C(=O)Nc2ccc(Oc3ccccc3)cc2)C2CCC(C(C)(C)C)CC2)cc1. The van der Waals surface area contributed by atoms with Gasteiger partial charge in [0.2, 0.25) is 0 Å². The van der Waals surface area contributed by atoms with Crippen molar-refractivity contribution in [3.8, 4) is 11.5 Å². The first-order valence-corrected chi connectivity index (χ1v) is 22.0. The molecule has 4 rings (SSSR count). The molecule has 1 aliphatic rings. The summed E-state index contributed by atoms with van der Waals surface area (Å²) in [5.41, 5.74) is 2.23. The van der Waals surface area contributed by atoms with Crippen LogP contribution < -0.4 is 15.4 Å². The maximum atomic E-state index is 14.6. The maximum Gasteiger partial charge on any atom is 0.322 e. The number of ether oxygens (including phenoxy) is 2. The number of anilines is 1. The van der Waals surface area contributed by atoms with Gasteiger partial charge >= 0.3 is 12.0 Å². The highest BCUT2D eigenvalue weighted by molar-refractivity contribution is 6.74. The smallest absolute Gasteiger partial charge is 0.322 e. The minimum Gasteiger partial charge on any atom is -0.466 e. The molecule has 3 aromatic rings. The molecule has 2 N–H and O–H groups in total. The van der Waals surface area contributed by atoms with E-state index in [1.807, 2.05) is 71.6 Å². The van der Waals surface area contributed by atoms with Crippen LogP contribution in [0.4, 0.5) is 10.5 Å². The Kier molecular flexibility index (Phi) is 14.3. The number of rotatable bonds is 14. The standard InChI is InChI=1S/C43H61N3O6Si/c1-10-50-39(47)28-29-44-40(48)32-18-16-31(17-19-32)38(30-51-53(8,9)43(5,6)7)46(35-24-20-33(21-25-35)42(2,3)4)41(49)45-34-22-26-37(27-23-34)52-36-14-12-11-13-15-36/h11-19,22-23,26-27,33,35,38H,10,20-21,24-25,28-30H2,1-9H3,(H,44,48)(H,45,49). The zero-order valence-corrected chi connectivity index (χ0v) is 34.3. The fourth-order valence-corrected chi connectivity index (χ4v) is 7.52. The molecule has 0 spiro atoms. The Labute approximate surface area is 318 Å². The Morgan fingerprint density at radius 3 is 2.00 bits per heavy atom. The first-order valence-electron chi connectivity index (χ1n) is 19.1. The van der Waals surface area contributed by atoms with Crippen molar-refractivity contribution < 1.29 is 28.3 Å². The van der Waals surface area contributed by atoms with Crippen LogP contribution in [0, 0.1) is 11.3 Å². The predicted molar refractivity (Wildman–Crippen MR) is 215 cm³/mol. The molecule has 53 heavy (non-hydrogen) atoms. The van der Waals surface area contributed by atoms with E-state index in [-0.39, 0.29) is 47.4 Å². The van der Waals surface area contributed by atoms with Gasteiger partial charge in [0.05, 0.1) is 25.7 Å². The molecular formula is C43H61N3O6Si. The van der Waals surface area contributed by atoms with Gasteiger partial charge in [-0.15, -0.1) is 0 Å². The van der Waals surface area contributed by atoms with E-state index in [2.05, 4.69) is 65.3 Å². The normalized spacial score (nSPS) is 17.0. The van der Waals surface area contributed by atoms with Crippen molar-refractivity contribution in [2.24, 2.45) is 11.3 Å². The van der Waals surface area contributed by atoms with Gasteiger partial charge in [-0.25, -0.2) is 4.79 Å². The van der Waals surface area contributed by atoms with Crippen LogP contribution in [0.15, 0.2) is 78.9 Å². The highest BCUT2D eigenvalue weighted by Crippen LogP contribution is 2.42. The van der Waals surface area contributed by atoms with Gasteiger partial charge in [-0.3, -0.25) is 9.59 Å². The molecule has 0 bridgehead atoms. The minimum atomic E-state index is -2.21. The van der Waals surface area contributed by atoms with Crippen LogP contribution in [0.3, 0.4) is 0 Å². The van der Waals surface area contributed by atoms with Gasteiger partial charge in [0.15, 0.2) is 8.32 Å². The van der Waals surface area contributed by atoms with Crippen LogP contribution >= 0.6 is 0 Å². The quantitative estimate of drug-likeness (QED) is 0.126. The van der Waals surface area contributed by atoms with Gasteiger partial charge in [-0.1, -0.05) is 71.9 Å². The number of amides is 3. The molecule has 0 saturated heterocycles. The van der Waals surface area contributed by atoms with E-state index in [0.717, 1.165) is 37.0 Å². The number of para-hydroxylation sites is 1. The third-order valence-corrected chi connectivity index (χ3v) is 15.4. The van der Waals surface area contributed by atoms with Gasteiger partial charge in [0.25, 0.3) is 5.91 Å². The van der Waals surface area contributed by atoms with Gasteiger partial charge in [0.1, 0.15) is 11.5 Å². The van der Waals surface area contributed by atoms with E-state index in [1.54, 1.807) is 19.1 Å². The Morgan fingerprint density at radius 1 is 0.830 bits per heavy atom. The summed E-state index contributed by atoms with van der Waals surface area (Å²) in [5, 5.41) is 5.99. The molecule has 0 aliphatic heterocycles. The molecule has 0 heterocycles. The number of benzene rings is 3. The van der Waals surface area contributed by atoms with Crippen LogP contribution in [-0.2, 0) is 14.0 Å². The zero-order valence-electron chi connectivity index (χ0n) is 33.3. The summed E-state index contributed by atoms with van der Waals surface area (Å²) < 4.78 is 17.8. The second-order valence-corrected chi connectivity index (χ2v) is 21.5. The van der Waals surface area contributed by atoms with Crippen molar-refractivity contribution in [3.63, 3.8) is 0 Å². The lowest BCUT2D eigenvalue weighted by Crippen LogP contribution is -2.50. The lowest BCUT2D eigenvalue weighted by molar-refractivity contribution is -0.142. The summed E-state index contributed by atoms with van der Waals surface area (Å²) in [6.45, 7) is 20.6. The van der Waals surface area contributed by atoms with Crippen molar-refractivity contribution >= 4 is 31.9 Å². The predicted octanol–water partition coefficient (Wildman–Crippen LogP) is 10.4. The number of nitrogens with zero attached hydrogens (tertiary/aromatic N) is 1. The molecule has 9 nitrogen and oxygen atoms in total. The van der Waals surface area contributed by atoms with E-state index < -0.39 is 14.4 Å². The molecule has 1 saturated carbocycles. The summed E-state index contributed by atoms with van der Waals surface area (Å²) in [6.07, 6.45) is 3.94. The molecule has 10 heteroatoms. The van der Waals surface area contributed by atoms with Gasteiger partial charge in [-0.2, -0.15) is 0 Å². The second-order valence-electron chi connectivity index (χ2n) is 16.7. The van der Waals surface area contributed by atoms with Crippen LogP contribution in [0.25, 0.3) is 0 Å². The number of carbonyl (C=O) groups excluding carboxylic acids is 3. The molecule has 1 atom stereocenters. The lowest BCUT2D eigenvalue weighted by Gasteiger charge is -2.45. The summed E-state index contributed by atoms with van der Waals surface area (Å²) in [4.78, 5) is 41.4. The first kappa shape index (κ1) is 41.6. The van der Waals surface area contributed by atoms with Gasteiger partial charge < -0.3 is 29.4 Å². The number of hydrogen-bond acceptors (Lipinski definition) is 6. The van der Waals surface area contributed by atoms with E-state index in [1.165, 1.54) is 0 Å². The van der Waals surface area contributed by atoms with Crippen molar-refractivity contribution in [2.75, 3.05) is 25.1 Å². The molecule has 0 radical (unpaired) electrons. The summed E-state index contributed by atoms with van der Waals surface area (Å²) in [6, 6.07) is 23.9. The molecule has 3 amide bonds. The van der Waals surface area contributed by atoms with Crippen LogP contribution in [-0.4, -0.2) is 56.9 Å². The molecule has 288 valence electrons. The molecule has 1 unspecified atom stereocenters. The highest BCUT2D eigenvalue weighted by atomic mass is 28.4. The fraction of sp³-hybridized carbons (Fsp3) is 0.512. The average Bonchev–Trinajstić information content (AvgIpc) is 3.10. The summed E-state index contributed by atoms with van der Waals surface area (Å²) in [7, 11) is -2.21. The fourth-order valence-electron chi connectivity index (χ4n) is 6.51. The van der Waals surface area contributed by atoms with Crippen molar-refractivity contribution in [1.29, 1.82) is 0 Å². The monoisotopic (exact) mass is 743 g/mol.